The van der Waals surface area contributed by atoms with Crippen LogP contribution < -0.4 is 0 Å². The van der Waals surface area contributed by atoms with Crippen LogP contribution in [0.4, 0.5) is 0 Å². The Balaban J connectivity index is 1.51. The molecule has 2 aromatic rings. The Hall–Kier alpha value is -1.85. The Bertz CT molecular complexity index is 621. The molecule has 0 spiro atoms. The number of benzene rings is 1. The van der Waals surface area contributed by atoms with E-state index >= 15 is 0 Å². The van der Waals surface area contributed by atoms with E-state index in [9.17, 15) is 4.79 Å². The number of hydrogen-bond donors (Lipinski definition) is 0. The number of halogens is 1. The van der Waals surface area contributed by atoms with E-state index in [1.54, 1.807) is 18.3 Å². The molecule has 0 radical (unpaired) electrons. The highest BCUT2D eigenvalue weighted by Crippen LogP contribution is 2.18. The number of rotatable bonds is 4. The van der Waals surface area contributed by atoms with Crippen LogP contribution >= 0.6 is 11.6 Å². The van der Waals surface area contributed by atoms with Gasteiger partial charge < -0.3 is 9.47 Å². The third-order valence-electron chi connectivity index (χ3n) is 4.00. The van der Waals surface area contributed by atoms with Crippen LogP contribution in [0.2, 0.25) is 5.02 Å². The van der Waals surface area contributed by atoms with E-state index in [1.165, 1.54) is 0 Å². The van der Waals surface area contributed by atoms with Crippen molar-refractivity contribution < 1.29 is 4.79 Å². The fraction of sp³-hybridized carbons (Fsp3) is 0.375. The van der Waals surface area contributed by atoms with Gasteiger partial charge in [0.2, 0.25) is 0 Å². The van der Waals surface area contributed by atoms with Gasteiger partial charge in [0.25, 0.3) is 5.91 Å². The van der Waals surface area contributed by atoms with E-state index in [1.807, 2.05) is 29.6 Å². The maximum atomic E-state index is 12.5. The maximum absolute atomic E-state index is 12.5. The maximum Gasteiger partial charge on any atom is 0.255 e. The highest BCUT2D eigenvalue weighted by Gasteiger charge is 2.23. The van der Waals surface area contributed by atoms with Crippen molar-refractivity contribution >= 4 is 17.5 Å². The molecule has 0 atom stereocenters. The molecular weight excluding hydrogens is 300 g/mol. The first-order valence-electron chi connectivity index (χ1n) is 7.46. The lowest BCUT2D eigenvalue weighted by Gasteiger charge is -2.34. The molecule has 1 aliphatic heterocycles. The van der Waals surface area contributed by atoms with Gasteiger partial charge in [-0.2, -0.15) is 0 Å². The van der Waals surface area contributed by atoms with Gasteiger partial charge in [-0.3, -0.25) is 9.69 Å². The Morgan fingerprint density at radius 1 is 1.14 bits per heavy atom. The Morgan fingerprint density at radius 2 is 1.91 bits per heavy atom. The molecule has 5 nitrogen and oxygen atoms in total. The second-order valence-electron chi connectivity index (χ2n) is 5.41. The molecule has 0 bridgehead atoms. The third kappa shape index (κ3) is 3.48. The number of piperazine rings is 1. The molecule has 1 saturated heterocycles. The summed E-state index contributed by atoms with van der Waals surface area (Å²) in [6.45, 7) is 5.18. The van der Waals surface area contributed by atoms with Gasteiger partial charge in [0.15, 0.2) is 0 Å². The Labute approximate surface area is 135 Å². The summed E-state index contributed by atoms with van der Waals surface area (Å²) in [5, 5.41) is 0.523. The number of aromatic nitrogens is 2. The first-order valence-corrected chi connectivity index (χ1v) is 7.84. The molecule has 3 rings (SSSR count). The van der Waals surface area contributed by atoms with Crippen molar-refractivity contribution in [2.24, 2.45) is 0 Å². The molecule has 1 aliphatic rings. The zero-order valence-corrected chi connectivity index (χ0v) is 13.1. The van der Waals surface area contributed by atoms with Crippen molar-refractivity contribution in [2.75, 3.05) is 32.7 Å². The number of hydrogen-bond acceptors (Lipinski definition) is 3. The van der Waals surface area contributed by atoms with E-state index < -0.39 is 0 Å². The average Bonchev–Trinajstić information content (AvgIpc) is 3.07. The van der Waals surface area contributed by atoms with Gasteiger partial charge in [-0.05, 0) is 12.1 Å². The fourth-order valence-electron chi connectivity index (χ4n) is 2.66. The van der Waals surface area contributed by atoms with E-state index in [4.69, 9.17) is 11.6 Å². The van der Waals surface area contributed by atoms with Crippen LogP contribution in [0.5, 0.6) is 0 Å². The smallest absolute Gasteiger partial charge is 0.255 e. The van der Waals surface area contributed by atoms with Crippen molar-refractivity contribution in [3.63, 3.8) is 0 Å². The topological polar surface area (TPSA) is 41.4 Å². The molecule has 6 heteroatoms. The molecule has 1 fully saturated rings. The van der Waals surface area contributed by atoms with Crippen LogP contribution in [0, 0.1) is 0 Å². The quantitative estimate of drug-likeness (QED) is 0.866. The Morgan fingerprint density at radius 3 is 2.59 bits per heavy atom. The summed E-state index contributed by atoms with van der Waals surface area (Å²) in [7, 11) is 0. The van der Waals surface area contributed by atoms with Gasteiger partial charge in [0.1, 0.15) is 0 Å². The molecule has 0 N–H and O–H groups in total. The molecule has 2 heterocycles. The monoisotopic (exact) mass is 318 g/mol. The van der Waals surface area contributed by atoms with Crippen LogP contribution in [-0.2, 0) is 6.54 Å². The van der Waals surface area contributed by atoms with Gasteiger partial charge in [-0.15, -0.1) is 0 Å². The molecule has 22 heavy (non-hydrogen) atoms. The number of imidazole rings is 1. The summed E-state index contributed by atoms with van der Waals surface area (Å²) in [6.07, 6.45) is 5.59. The van der Waals surface area contributed by atoms with Crippen molar-refractivity contribution in [1.82, 2.24) is 19.4 Å². The lowest BCUT2D eigenvalue weighted by atomic mass is 10.2. The average molecular weight is 319 g/mol. The molecule has 1 aromatic carbocycles. The summed E-state index contributed by atoms with van der Waals surface area (Å²) >= 11 is 6.11. The van der Waals surface area contributed by atoms with Crippen LogP contribution in [0.25, 0.3) is 0 Å². The molecule has 1 aromatic heterocycles. The summed E-state index contributed by atoms with van der Waals surface area (Å²) < 4.78 is 2.07. The zero-order valence-electron chi connectivity index (χ0n) is 12.4. The standard InChI is InChI=1S/C16H19ClN4O/c17-15-4-2-1-3-14(15)16(22)21-11-9-19(10-12-21)7-8-20-6-5-18-13-20/h1-6,13H,7-12H2. The predicted octanol–water partition coefficient (Wildman–Crippen LogP) is 1.99. The largest absolute Gasteiger partial charge is 0.336 e. The van der Waals surface area contributed by atoms with E-state index in [0.29, 0.717) is 10.6 Å². The second-order valence-corrected chi connectivity index (χ2v) is 5.82. The van der Waals surface area contributed by atoms with Gasteiger partial charge in [-0.25, -0.2) is 4.98 Å². The molecule has 0 aliphatic carbocycles. The Kier molecular flexibility index (Phi) is 4.75. The van der Waals surface area contributed by atoms with Gasteiger partial charge in [0.05, 0.1) is 16.9 Å². The van der Waals surface area contributed by atoms with Crippen LogP contribution in [0.1, 0.15) is 10.4 Å². The van der Waals surface area contributed by atoms with Crippen LogP contribution in [0.3, 0.4) is 0 Å². The molecular formula is C16H19ClN4O. The molecule has 0 unspecified atom stereocenters. The van der Waals surface area contributed by atoms with Crippen molar-refractivity contribution in [2.45, 2.75) is 6.54 Å². The second kappa shape index (κ2) is 6.94. The minimum atomic E-state index is 0.0276. The molecule has 0 saturated carbocycles. The summed E-state index contributed by atoms with van der Waals surface area (Å²) in [6, 6.07) is 7.24. The van der Waals surface area contributed by atoms with Gasteiger partial charge in [-0.1, -0.05) is 23.7 Å². The fourth-order valence-corrected chi connectivity index (χ4v) is 2.87. The zero-order chi connectivity index (χ0) is 15.4. The highest BCUT2D eigenvalue weighted by molar-refractivity contribution is 6.33. The van der Waals surface area contributed by atoms with Crippen molar-refractivity contribution in [1.29, 1.82) is 0 Å². The van der Waals surface area contributed by atoms with E-state index in [-0.39, 0.29) is 5.91 Å². The number of amides is 1. The predicted molar refractivity (Wildman–Crippen MR) is 86.0 cm³/mol. The summed E-state index contributed by atoms with van der Waals surface area (Å²) in [4.78, 5) is 20.8. The van der Waals surface area contributed by atoms with Crippen LogP contribution in [0.15, 0.2) is 43.0 Å². The van der Waals surface area contributed by atoms with Gasteiger partial charge in [0, 0.05) is 51.7 Å². The van der Waals surface area contributed by atoms with Crippen molar-refractivity contribution in [3.8, 4) is 0 Å². The summed E-state index contributed by atoms with van der Waals surface area (Å²) in [5.74, 6) is 0.0276. The summed E-state index contributed by atoms with van der Waals surface area (Å²) in [5.41, 5.74) is 0.594. The normalized spacial score (nSPS) is 16.0. The van der Waals surface area contributed by atoms with Gasteiger partial charge >= 0.3 is 0 Å². The minimum Gasteiger partial charge on any atom is -0.336 e. The van der Waals surface area contributed by atoms with E-state index in [2.05, 4.69) is 14.5 Å². The lowest BCUT2D eigenvalue weighted by Crippen LogP contribution is -2.49. The first-order chi connectivity index (χ1) is 10.7. The third-order valence-corrected chi connectivity index (χ3v) is 4.33. The molecule has 116 valence electrons. The number of nitrogens with zero attached hydrogens (tertiary/aromatic N) is 4. The SMILES string of the molecule is O=C(c1ccccc1Cl)N1CCN(CCn2ccnc2)CC1. The molecule has 1 amide bonds. The van der Waals surface area contributed by atoms with E-state index in [0.717, 1.165) is 39.3 Å². The number of carbonyl (C=O) groups is 1. The first kappa shape index (κ1) is 15.1. The van der Waals surface area contributed by atoms with Crippen LogP contribution in [-0.4, -0.2) is 58.0 Å². The minimum absolute atomic E-state index is 0.0276. The number of carbonyl (C=O) groups excluding carboxylic acids is 1. The van der Waals surface area contributed by atoms with Crippen molar-refractivity contribution in [3.05, 3.63) is 53.6 Å². The lowest BCUT2D eigenvalue weighted by molar-refractivity contribution is 0.0633. The highest BCUT2D eigenvalue weighted by atomic mass is 35.5.